The number of halogens is 2. The third kappa shape index (κ3) is 6.05. The zero-order chi connectivity index (χ0) is 15.3. The molecule has 0 aromatic carbocycles. The fraction of sp³-hybridized carbons (Fsp3) is 0.938. The van der Waals surface area contributed by atoms with Gasteiger partial charge in [0.15, 0.2) is 0 Å². The molecule has 23 heavy (non-hydrogen) atoms. The molecule has 2 aliphatic rings. The molecule has 2 N–H and O–H groups in total. The minimum Gasteiger partial charge on any atom is -0.368 e. The summed E-state index contributed by atoms with van der Waals surface area (Å²) in [5.74, 6) is 0.829. The van der Waals surface area contributed by atoms with Crippen LogP contribution >= 0.6 is 24.8 Å². The number of nitrogens with one attached hydrogen (secondary N) is 2. The largest absolute Gasteiger partial charge is 0.368 e. The van der Waals surface area contributed by atoms with Crippen LogP contribution in [0, 0.1) is 5.92 Å². The van der Waals surface area contributed by atoms with Crippen LogP contribution in [0.1, 0.15) is 39.5 Å². The van der Waals surface area contributed by atoms with E-state index in [1.54, 1.807) is 7.11 Å². The first-order valence-electron chi connectivity index (χ1n) is 8.35. The summed E-state index contributed by atoms with van der Waals surface area (Å²) < 4.78 is 5.57. The van der Waals surface area contributed by atoms with Crippen LogP contribution in [0.15, 0.2) is 0 Å². The van der Waals surface area contributed by atoms with Gasteiger partial charge in [-0.2, -0.15) is 0 Å². The van der Waals surface area contributed by atoms with Crippen molar-refractivity contribution in [2.75, 3.05) is 39.8 Å². The van der Waals surface area contributed by atoms with Crippen LogP contribution in [-0.2, 0) is 9.53 Å². The van der Waals surface area contributed by atoms with E-state index in [4.69, 9.17) is 4.74 Å². The maximum absolute atomic E-state index is 12.5. The normalized spacial score (nSPS) is 25.6. The highest BCUT2D eigenvalue weighted by Gasteiger charge is 2.39. The standard InChI is InChI=1S/C16H31N3O2.2ClH/c1-13-5-4-10-19(12-13)14(2)11-18-15(20)16(21-3)6-8-17-9-7-16;;/h13-14,17H,4-12H2,1-3H3,(H,18,20);2*1H. The number of piperidine rings is 2. The van der Waals surface area contributed by atoms with Gasteiger partial charge < -0.3 is 15.4 Å². The highest BCUT2D eigenvalue weighted by atomic mass is 35.5. The summed E-state index contributed by atoms with van der Waals surface area (Å²) in [4.78, 5) is 15.0. The second-order valence-electron chi connectivity index (χ2n) is 6.75. The Morgan fingerprint density at radius 1 is 1.39 bits per heavy atom. The molecule has 0 aromatic rings. The van der Waals surface area contributed by atoms with Crippen molar-refractivity contribution in [3.63, 3.8) is 0 Å². The maximum Gasteiger partial charge on any atom is 0.252 e. The van der Waals surface area contributed by atoms with Gasteiger partial charge in [0, 0.05) is 26.2 Å². The number of methoxy groups -OCH3 is 1. The fourth-order valence-corrected chi connectivity index (χ4v) is 3.51. The highest BCUT2D eigenvalue weighted by Crippen LogP contribution is 2.23. The monoisotopic (exact) mass is 369 g/mol. The minimum atomic E-state index is -0.625. The van der Waals surface area contributed by atoms with E-state index in [9.17, 15) is 4.79 Å². The Morgan fingerprint density at radius 2 is 2.04 bits per heavy atom. The lowest BCUT2D eigenvalue weighted by atomic mass is 9.91. The molecule has 0 bridgehead atoms. The molecule has 2 heterocycles. The van der Waals surface area contributed by atoms with E-state index < -0.39 is 5.60 Å². The van der Waals surface area contributed by atoms with Crippen LogP contribution in [0.3, 0.4) is 0 Å². The second kappa shape index (κ2) is 10.7. The van der Waals surface area contributed by atoms with Gasteiger partial charge in [-0.05, 0) is 58.2 Å². The third-order valence-corrected chi connectivity index (χ3v) is 5.09. The van der Waals surface area contributed by atoms with Crippen molar-refractivity contribution in [3.8, 4) is 0 Å². The molecule has 0 aliphatic carbocycles. The van der Waals surface area contributed by atoms with E-state index >= 15 is 0 Å². The van der Waals surface area contributed by atoms with Gasteiger partial charge in [-0.15, -0.1) is 24.8 Å². The van der Waals surface area contributed by atoms with Crippen molar-refractivity contribution in [2.24, 2.45) is 5.92 Å². The van der Waals surface area contributed by atoms with E-state index in [0.29, 0.717) is 12.6 Å². The zero-order valence-corrected chi connectivity index (χ0v) is 16.2. The quantitative estimate of drug-likeness (QED) is 0.776. The van der Waals surface area contributed by atoms with Crippen molar-refractivity contribution in [2.45, 2.75) is 51.2 Å². The summed E-state index contributed by atoms with van der Waals surface area (Å²) in [6.45, 7) is 9.23. The lowest BCUT2D eigenvalue weighted by Crippen LogP contribution is -2.56. The van der Waals surface area contributed by atoms with Gasteiger partial charge in [0.25, 0.3) is 5.91 Å². The number of nitrogens with zero attached hydrogens (tertiary/aromatic N) is 1. The van der Waals surface area contributed by atoms with Crippen LogP contribution < -0.4 is 10.6 Å². The van der Waals surface area contributed by atoms with Gasteiger partial charge in [-0.3, -0.25) is 9.69 Å². The summed E-state index contributed by atoms with van der Waals surface area (Å²) in [5, 5.41) is 6.40. The number of hydrogen-bond donors (Lipinski definition) is 2. The van der Waals surface area contributed by atoms with Gasteiger partial charge in [-0.25, -0.2) is 0 Å². The maximum atomic E-state index is 12.5. The summed E-state index contributed by atoms with van der Waals surface area (Å²) in [6.07, 6.45) is 4.11. The Balaban J connectivity index is 0.00000242. The summed E-state index contributed by atoms with van der Waals surface area (Å²) in [6, 6.07) is 0.396. The predicted molar refractivity (Wildman–Crippen MR) is 98.8 cm³/mol. The molecule has 2 fully saturated rings. The van der Waals surface area contributed by atoms with Gasteiger partial charge in [-0.1, -0.05) is 6.92 Å². The lowest BCUT2D eigenvalue weighted by Gasteiger charge is -2.37. The van der Waals surface area contributed by atoms with E-state index in [1.165, 1.54) is 12.8 Å². The van der Waals surface area contributed by atoms with Crippen molar-refractivity contribution >= 4 is 30.7 Å². The van der Waals surface area contributed by atoms with Crippen LogP contribution in [0.2, 0.25) is 0 Å². The Morgan fingerprint density at radius 3 is 2.61 bits per heavy atom. The number of carbonyl (C=O) groups excluding carboxylic acids is 1. The smallest absolute Gasteiger partial charge is 0.252 e. The summed E-state index contributed by atoms with van der Waals surface area (Å²) in [5.41, 5.74) is -0.625. The number of ether oxygens (including phenoxy) is 1. The van der Waals surface area contributed by atoms with Crippen molar-refractivity contribution in [3.05, 3.63) is 0 Å². The van der Waals surface area contributed by atoms with E-state index in [1.807, 2.05) is 0 Å². The van der Waals surface area contributed by atoms with Crippen LogP contribution in [0.4, 0.5) is 0 Å². The fourth-order valence-electron chi connectivity index (χ4n) is 3.51. The van der Waals surface area contributed by atoms with Gasteiger partial charge in [0.1, 0.15) is 5.60 Å². The first-order chi connectivity index (χ1) is 10.1. The first-order valence-corrected chi connectivity index (χ1v) is 8.35. The third-order valence-electron chi connectivity index (χ3n) is 5.09. The van der Waals surface area contributed by atoms with Crippen molar-refractivity contribution in [1.29, 1.82) is 0 Å². The van der Waals surface area contributed by atoms with Crippen molar-refractivity contribution < 1.29 is 9.53 Å². The molecule has 5 nitrogen and oxygen atoms in total. The molecule has 0 aromatic heterocycles. The number of likely N-dealkylation sites (tertiary alicyclic amines) is 1. The molecule has 2 rings (SSSR count). The molecule has 1 amide bonds. The molecule has 2 atom stereocenters. The molecule has 2 aliphatic heterocycles. The topological polar surface area (TPSA) is 53.6 Å². The average molecular weight is 370 g/mol. The lowest BCUT2D eigenvalue weighted by molar-refractivity contribution is -0.147. The molecule has 0 spiro atoms. The molecule has 2 saturated heterocycles. The van der Waals surface area contributed by atoms with Crippen molar-refractivity contribution in [1.82, 2.24) is 15.5 Å². The van der Waals surface area contributed by atoms with E-state index in [2.05, 4.69) is 29.4 Å². The Hall–Kier alpha value is -0.0700. The zero-order valence-electron chi connectivity index (χ0n) is 14.6. The second-order valence-corrected chi connectivity index (χ2v) is 6.75. The number of carbonyl (C=O) groups is 1. The Labute approximate surface area is 153 Å². The molecular formula is C16H33Cl2N3O2. The minimum absolute atomic E-state index is 0. The van der Waals surface area contributed by atoms with Gasteiger partial charge >= 0.3 is 0 Å². The number of hydrogen-bond acceptors (Lipinski definition) is 4. The highest BCUT2D eigenvalue weighted by molar-refractivity contribution is 5.86. The molecule has 7 heteroatoms. The SMILES string of the molecule is COC1(C(=O)NCC(C)N2CCCC(C)C2)CCNCC1.Cl.Cl. The molecule has 138 valence electrons. The molecule has 0 saturated carbocycles. The molecular weight excluding hydrogens is 337 g/mol. The van der Waals surface area contributed by atoms with Crippen LogP contribution in [-0.4, -0.2) is 62.3 Å². The molecule has 0 radical (unpaired) electrons. The Bertz CT molecular complexity index is 352. The summed E-state index contributed by atoms with van der Waals surface area (Å²) in [7, 11) is 1.65. The molecule has 2 unspecified atom stereocenters. The average Bonchev–Trinajstić information content (AvgIpc) is 2.52. The van der Waals surface area contributed by atoms with Gasteiger partial charge in [0.05, 0.1) is 0 Å². The summed E-state index contributed by atoms with van der Waals surface area (Å²) >= 11 is 0. The number of rotatable bonds is 5. The first kappa shape index (κ1) is 22.9. The van der Waals surface area contributed by atoms with E-state index in [-0.39, 0.29) is 30.7 Å². The van der Waals surface area contributed by atoms with Crippen LogP contribution in [0.25, 0.3) is 0 Å². The predicted octanol–water partition coefficient (Wildman–Crippen LogP) is 1.84. The van der Waals surface area contributed by atoms with Crippen LogP contribution in [0.5, 0.6) is 0 Å². The van der Waals surface area contributed by atoms with E-state index in [0.717, 1.165) is 44.9 Å². The number of amides is 1. The Kier molecular flexibility index (Phi) is 10.7. The van der Waals surface area contributed by atoms with Gasteiger partial charge in [0.2, 0.25) is 0 Å².